The molecule has 0 fully saturated rings. The van der Waals surface area contributed by atoms with Gasteiger partial charge in [0, 0.05) is 70.8 Å². The number of hydrogen-bond donors (Lipinski definition) is 0. The molecule has 11 aromatic rings. The monoisotopic (exact) mass is 948 g/mol. The Hall–Kier alpha value is -7.54. The number of fused-ring (bicyclic) bond motifs is 12. The SMILES string of the molecule is CC(C)(C)c1ccc(N(c2ccc(C(C)(C)C)cc2)c2ccc3c(c2)N(c2ccc4sc5ccccc5c4c2)c2cc(C(C)(C)C)cc4c2B3c2cccc3c2N4c2cccc4c5ccccc5n-3c24)cc1. The molecular weight excluding hydrogens is 892 g/mol. The van der Waals surface area contributed by atoms with Crippen LogP contribution in [0.5, 0.6) is 0 Å². The Balaban J connectivity index is 1.08. The van der Waals surface area contributed by atoms with E-state index in [1.165, 1.54) is 109 Å². The molecule has 0 unspecified atom stereocenters. The molecule has 0 spiro atoms. The van der Waals surface area contributed by atoms with Crippen molar-refractivity contribution in [2.75, 3.05) is 14.7 Å². The van der Waals surface area contributed by atoms with Crippen LogP contribution in [0.25, 0.3) is 47.7 Å². The molecule has 2 aromatic heterocycles. The van der Waals surface area contributed by atoms with Gasteiger partial charge in [-0.2, -0.15) is 0 Å². The summed E-state index contributed by atoms with van der Waals surface area (Å²) in [5.41, 5.74) is 22.3. The van der Waals surface area contributed by atoms with E-state index in [4.69, 9.17) is 0 Å². The average Bonchev–Trinajstić information content (AvgIpc) is 3.92. The lowest BCUT2D eigenvalue weighted by atomic mass is 9.33. The van der Waals surface area contributed by atoms with Crippen molar-refractivity contribution in [3.63, 3.8) is 0 Å². The van der Waals surface area contributed by atoms with Crippen molar-refractivity contribution in [2.45, 2.75) is 78.6 Å². The zero-order valence-electron chi connectivity index (χ0n) is 42.6. The summed E-state index contributed by atoms with van der Waals surface area (Å²) in [4.78, 5) is 7.72. The predicted octanol–water partition coefficient (Wildman–Crippen LogP) is 16.9. The molecule has 3 aliphatic heterocycles. The van der Waals surface area contributed by atoms with E-state index >= 15 is 0 Å². The maximum Gasteiger partial charge on any atom is 0.252 e. The molecule has 9 aromatic carbocycles. The first-order valence-electron chi connectivity index (χ1n) is 25.6. The number of nitrogens with zero attached hydrogens (tertiary/aromatic N) is 4. The lowest BCUT2D eigenvalue weighted by molar-refractivity contribution is 0.590. The highest BCUT2D eigenvalue weighted by Crippen LogP contribution is 2.54. The molecule has 0 saturated heterocycles. The fourth-order valence-corrected chi connectivity index (χ4v) is 13.3. The average molecular weight is 949 g/mol. The fraction of sp³-hybridized carbons (Fsp3) is 0.182. The summed E-state index contributed by atoms with van der Waals surface area (Å²) in [7, 11) is 0. The molecule has 0 saturated carbocycles. The van der Waals surface area contributed by atoms with Crippen molar-refractivity contribution in [2.24, 2.45) is 0 Å². The van der Waals surface area contributed by atoms with Gasteiger partial charge >= 0.3 is 0 Å². The predicted molar refractivity (Wildman–Crippen MR) is 312 cm³/mol. The van der Waals surface area contributed by atoms with E-state index in [-0.39, 0.29) is 23.0 Å². The standard InChI is InChI=1S/C66H57BN4S/c1-64(2,3)40-24-28-43(29-25-40)68(44-30-26-41(27-31-44)65(4,5)6)46-32-34-51-56(39-46)69(45-33-35-60-50(38-45)48-17-11-13-23-59(48)72-60)57-36-42(66(7,8)9)37-58-61(57)67(51)52-19-15-22-55-63(52)71(58)54-21-14-18-49-47-16-10-12-20-53(47)70(55)62(49)54/h10-39H,1-9H3. The van der Waals surface area contributed by atoms with E-state index in [2.05, 4.69) is 264 Å². The third kappa shape index (κ3) is 6.24. The summed E-state index contributed by atoms with van der Waals surface area (Å²) in [6, 6.07) is 69.9. The van der Waals surface area contributed by atoms with Crippen molar-refractivity contribution in [1.82, 2.24) is 4.57 Å². The molecule has 4 nitrogen and oxygen atoms in total. The lowest BCUT2D eigenvalue weighted by Crippen LogP contribution is -2.62. The molecule has 72 heavy (non-hydrogen) atoms. The molecule has 0 bridgehead atoms. The van der Waals surface area contributed by atoms with Gasteiger partial charge in [0.15, 0.2) is 0 Å². The summed E-state index contributed by atoms with van der Waals surface area (Å²) in [5.74, 6) is 0. The number of benzene rings is 9. The van der Waals surface area contributed by atoms with Crippen molar-refractivity contribution in [3.8, 4) is 5.69 Å². The number of aromatic nitrogens is 1. The van der Waals surface area contributed by atoms with E-state index in [1.54, 1.807) is 0 Å². The molecular formula is C66H57BN4S. The highest BCUT2D eigenvalue weighted by molar-refractivity contribution is 7.25. The molecule has 0 aliphatic carbocycles. The van der Waals surface area contributed by atoms with Crippen molar-refractivity contribution < 1.29 is 0 Å². The quantitative estimate of drug-likeness (QED) is 0.163. The van der Waals surface area contributed by atoms with Crippen molar-refractivity contribution in [3.05, 3.63) is 199 Å². The zero-order chi connectivity index (χ0) is 49.2. The minimum absolute atomic E-state index is 0.0330. The van der Waals surface area contributed by atoms with E-state index in [0.29, 0.717) is 0 Å². The van der Waals surface area contributed by atoms with Gasteiger partial charge in [-0.3, -0.25) is 0 Å². The van der Waals surface area contributed by atoms with E-state index in [1.807, 2.05) is 11.3 Å². The second kappa shape index (κ2) is 15.0. The molecule has 3 aliphatic rings. The molecule has 14 rings (SSSR count). The molecule has 350 valence electrons. The van der Waals surface area contributed by atoms with Crippen LogP contribution in [0, 0.1) is 0 Å². The number of anilines is 9. The highest BCUT2D eigenvalue weighted by atomic mass is 32.1. The fourth-order valence-electron chi connectivity index (χ4n) is 12.2. The van der Waals surface area contributed by atoms with Crippen molar-refractivity contribution >= 4 is 128 Å². The zero-order valence-corrected chi connectivity index (χ0v) is 43.4. The van der Waals surface area contributed by atoms with Crippen LogP contribution in [-0.4, -0.2) is 11.3 Å². The Morgan fingerprint density at radius 1 is 0.403 bits per heavy atom. The smallest absolute Gasteiger partial charge is 0.252 e. The van der Waals surface area contributed by atoms with Gasteiger partial charge in [0.25, 0.3) is 6.71 Å². The minimum atomic E-state index is -0.145. The second-order valence-corrected chi connectivity index (χ2v) is 24.6. The topological polar surface area (TPSA) is 14.7 Å². The van der Waals surface area contributed by atoms with Gasteiger partial charge in [-0.15, -0.1) is 11.3 Å². The lowest BCUT2D eigenvalue weighted by Gasteiger charge is -2.47. The van der Waals surface area contributed by atoms with Crippen LogP contribution in [0.1, 0.15) is 79.0 Å². The summed E-state index contributed by atoms with van der Waals surface area (Å²) in [5, 5.41) is 5.15. The van der Waals surface area contributed by atoms with Crippen LogP contribution in [0.15, 0.2) is 182 Å². The van der Waals surface area contributed by atoms with Crippen LogP contribution >= 0.6 is 11.3 Å². The normalized spacial score (nSPS) is 13.8. The van der Waals surface area contributed by atoms with Gasteiger partial charge in [0.1, 0.15) is 0 Å². The molecule has 0 N–H and O–H groups in total. The van der Waals surface area contributed by atoms with E-state index in [0.717, 1.165) is 22.7 Å². The molecule has 0 radical (unpaired) electrons. The summed E-state index contributed by atoms with van der Waals surface area (Å²) in [6.45, 7) is 20.8. The summed E-state index contributed by atoms with van der Waals surface area (Å²) < 4.78 is 5.16. The van der Waals surface area contributed by atoms with Gasteiger partial charge in [-0.25, -0.2) is 0 Å². The van der Waals surface area contributed by atoms with Crippen LogP contribution in [0.2, 0.25) is 0 Å². The molecule has 0 atom stereocenters. The minimum Gasteiger partial charge on any atom is -0.311 e. The Morgan fingerprint density at radius 3 is 1.68 bits per heavy atom. The van der Waals surface area contributed by atoms with Gasteiger partial charge in [-0.05, 0) is 140 Å². The Morgan fingerprint density at radius 2 is 0.986 bits per heavy atom. The van der Waals surface area contributed by atoms with Gasteiger partial charge in [0.05, 0.1) is 28.1 Å². The third-order valence-electron chi connectivity index (χ3n) is 15.9. The van der Waals surface area contributed by atoms with Crippen LogP contribution in [0.3, 0.4) is 0 Å². The summed E-state index contributed by atoms with van der Waals surface area (Å²) in [6.07, 6.45) is 0. The Bertz CT molecular complexity index is 4010. The number of para-hydroxylation sites is 3. The third-order valence-corrected chi connectivity index (χ3v) is 17.1. The molecule has 6 heteroatoms. The van der Waals surface area contributed by atoms with Crippen molar-refractivity contribution in [1.29, 1.82) is 0 Å². The van der Waals surface area contributed by atoms with E-state index in [9.17, 15) is 0 Å². The van der Waals surface area contributed by atoms with Gasteiger partial charge < -0.3 is 19.3 Å². The van der Waals surface area contributed by atoms with Crippen LogP contribution in [-0.2, 0) is 16.2 Å². The maximum atomic E-state index is 2.63. The first-order valence-corrected chi connectivity index (χ1v) is 26.4. The summed E-state index contributed by atoms with van der Waals surface area (Å²) >= 11 is 1.88. The highest BCUT2D eigenvalue weighted by Gasteiger charge is 2.47. The maximum absolute atomic E-state index is 2.63. The molecule has 5 heterocycles. The van der Waals surface area contributed by atoms with Gasteiger partial charge in [0.2, 0.25) is 0 Å². The van der Waals surface area contributed by atoms with Crippen LogP contribution < -0.4 is 31.1 Å². The van der Waals surface area contributed by atoms with Gasteiger partial charge in [-0.1, -0.05) is 153 Å². The first-order chi connectivity index (χ1) is 34.6. The number of thiophene rings is 1. The Kier molecular flexibility index (Phi) is 9.02. The largest absolute Gasteiger partial charge is 0.311 e. The number of hydrogen-bond acceptors (Lipinski definition) is 4. The van der Waals surface area contributed by atoms with E-state index < -0.39 is 0 Å². The number of rotatable bonds is 4. The molecule has 0 amide bonds. The first kappa shape index (κ1) is 43.3. The Labute approximate surface area is 427 Å². The second-order valence-electron chi connectivity index (χ2n) is 23.5. The van der Waals surface area contributed by atoms with Crippen LogP contribution in [0.4, 0.5) is 51.2 Å².